The first-order valence-corrected chi connectivity index (χ1v) is 7.35. The summed E-state index contributed by atoms with van der Waals surface area (Å²) in [5, 5.41) is 3.04. The Hall–Kier alpha value is -1.40. The van der Waals surface area contributed by atoms with Crippen molar-refractivity contribution in [3.05, 3.63) is 57.0 Å². The van der Waals surface area contributed by atoms with Crippen molar-refractivity contribution in [2.24, 2.45) is 0 Å². The van der Waals surface area contributed by atoms with Gasteiger partial charge in [0.1, 0.15) is 5.82 Å². The van der Waals surface area contributed by atoms with E-state index in [0.29, 0.717) is 12.6 Å². The summed E-state index contributed by atoms with van der Waals surface area (Å²) in [4.78, 5) is 2.37. The number of halogens is 4. The van der Waals surface area contributed by atoms with Crippen molar-refractivity contribution in [3.8, 4) is 0 Å². The number of hydrogen-bond donors (Lipinski definition) is 1. The molecule has 2 rings (SSSR count). The molecule has 0 fully saturated rings. The van der Waals surface area contributed by atoms with E-state index in [-0.39, 0.29) is 12.1 Å². The highest BCUT2D eigenvalue weighted by Gasteiger charge is 2.31. The third-order valence-corrected chi connectivity index (χ3v) is 4.21. The van der Waals surface area contributed by atoms with Crippen LogP contribution in [-0.2, 0) is 25.7 Å². The second-order valence-corrected chi connectivity index (χ2v) is 5.92. The fourth-order valence-electron chi connectivity index (χ4n) is 1.95. The van der Waals surface area contributed by atoms with Crippen molar-refractivity contribution in [3.63, 3.8) is 0 Å². The average Bonchev–Trinajstić information content (AvgIpc) is 2.85. The van der Waals surface area contributed by atoms with E-state index in [9.17, 15) is 17.6 Å². The largest absolute Gasteiger partial charge is 0.416 e. The molecule has 0 aliphatic carbocycles. The Kier molecular flexibility index (Phi) is 5.00. The van der Waals surface area contributed by atoms with E-state index in [0.717, 1.165) is 23.4 Å². The van der Waals surface area contributed by atoms with E-state index in [1.165, 1.54) is 4.88 Å². The maximum absolute atomic E-state index is 13.2. The fourth-order valence-corrected chi connectivity index (χ4v) is 2.88. The highest BCUT2D eigenvalue weighted by molar-refractivity contribution is 7.11. The van der Waals surface area contributed by atoms with Crippen LogP contribution in [0.25, 0.3) is 0 Å². The molecule has 0 bridgehead atoms. The average molecular weight is 317 g/mol. The molecule has 0 spiro atoms. The van der Waals surface area contributed by atoms with Crippen LogP contribution in [0.15, 0.2) is 30.3 Å². The lowest BCUT2D eigenvalue weighted by atomic mass is 10.1. The van der Waals surface area contributed by atoms with Crippen LogP contribution in [0.4, 0.5) is 17.6 Å². The van der Waals surface area contributed by atoms with E-state index in [2.05, 4.69) is 12.2 Å². The zero-order valence-corrected chi connectivity index (χ0v) is 12.2. The molecule has 0 unspecified atom stereocenters. The maximum atomic E-state index is 13.2. The molecule has 0 amide bonds. The van der Waals surface area contributed by atoms with Crippen LogP contribution in [-0.4, -0.2) is 0 Å². The van der Waals surface area contributed by atoms with Crippen LogP contribution in [0.5, 0.6) is 0 Å². The zero-order valence-electron chi connectivity index (χ0n) is 11.4. The molecule has 0 aliphatic heterocycles. The first kappa shape index (κ1) is 16.0. The predicted molar refractivity (Wildman–Crippen MR) is 75.6 cm³/mol. The van der Waals surface area contributed by atoms with Crippen LogP contribution in [0.2, 0.25) is 0 Å². The summed E-state index contributed by atoms with van der Waals surface area (Å²) in [6, 6.07) is 6.63. The lowest BCUT2D eigenvalue weighted by Gasteiger charge is -2.10. The Morgan fingerprint density at radius 3 is 2.38 bits per heavy atom. The molecular weight excluding hydrogens is 302 g/mol. The molecule has 1 nitrogen and oxygen atoms in total. The lowest BCUT2D eigenvalue weighted by Crippen LogP contribution is -2.13. The van der Waals surface area contributed by atoms with Gasteiger partial charge in [-0.1, -0.05) is 6.92 Å². The molecule has 0 atom stereocenters. The van der Waals surface area contributed by atoms with Gasteiger partial charge in [0.05, 0.1) is 5.56 Å². The van der Waals surface area contributed by atoms with Crippen molar-refractivity contribution in [2.45, 2.75) is 32.6 Å². The third kappa shape index (κ3) is 4.54. The quantitative estimate of drug-likeness (QED) is 0.784. The standard InChI is InChI=1S/C15H15F4NS/c1-2-13-3-4-14(21-13)9-20-8-10-5-11(15(17,18)19)7-12(16)6-10/h3-7,20H,2,8-9H2,1H3. The Morgan fingerprint density at radius 1 is 1.05 bits per heavy atom. The molecule has 0 radical (unpaired) electrons. The normalized spacial score (nSPS) is 11.9. The summed E-state index contributed by atoms with van der Waals surface area (Å²) >= 11 is 1.66. The van der Waals surface area contributed by atoms with Crippen LogP contribution in [0.3, 0.4) is 0 Å². The molecule has 2 aromatic rings. The second kappa shape index (κ2) is 6.58. The van der Waals surface area contributed by atoms with Crippen molar-refractivity contribution in [1.82, 2.24) is 5.32 Å². The van der Waals surface area contributed by atoms with Gasteiger partial charge in [-0.15, -0.1) is 11.3 Å². The Bertz CT molecular complexity index is 604. The van der Waals surface area contributed by atoms with E-state index >= 15 is 0 Å². The number of rotatable bonds is 5. The lowest BCUT2D eigenvalue weighted by molar-refractivity contribution is -0.137. The Labute approximate surface area is 124 Å². The van der Waals surface area contributed by atoms with Crippen LogP contribution >= 0.6 is 11.3 Å². The SMILES string of the molecule is CCc1ccc(CNCc2cc(F)cc(C(F)(F)F)c2)s1. The summed E-state index contributed by atoms with van der Waals surface area (Å²) in [6.45, 7) is 2.82. The summed E-state index contributed by atoms with van der Waals surface area (Å²) in [5.41, 5.74) is -0.668. The summed E-state index contributed by atoms with van der Waals surface area (Å²) in [5.74, 6) is -0.869. The maximum Gasteiger partial charge on any atom is 0.416 e. The summed E-state index contributed by atoms with van der Waals surface area (Å²) in [7, 11) is 0. The van der Waals surface area contributed by atoms with Gasteiger partial charge in [-0.25, -0.2) is 4.39 Å². The monoisotopic (exact) mass is 317 g/mol. The van der Waals surface area contributed by atoms with Gasteiger partial charge >= 0.3 is 6.18 Å². The van der Waals surface area contributed by atoms with Gasteiger partial charge in [-0.05, 0) is 42.3 Å². The molecule has 6 heteroatoms. The number of thiophene rings is 1. The summed E-state index contributed by atoms with van der Waals surface area (Å²) < 4.78 is 51.0. The van der Waals surface area contributed by atoms with Crippen molar-refractivity contribution in [1.29, 1.82) is 0 Å². The molecule has 1 N–H and O–H groups in total. The minimum Gasteiger partial charge on any atom is -0.308 e. The minimum absolute atomic E-state index is 0.195. The van der Waals surface area contributed by atoms with Gasteiger partial charge in [-0.3, -0.25) is 0 Å². The van der Waals surface area contributed by atoms with Crippen molar-refractivity contribution >= 4 is 11.3 Å². The van der Waals surface area contributed by atoms with Gasteiger partial charge in [-0.2, -0.15) is 13.2 Å². The number of alkyl halides is 3. The third-order valence-electron chi connectivity index (χ3n) is 2.98. The minimum atomic E-state index is -4.53. The molecule has 1 aromatic heterocycles. The molecule has 0 saturated carbocycles. The second-order valence-electron chi connectivity index (χ2n) is 4.67. The first-order valence-electron chi connectivity index (χ1n) is 6.53. The zero-order chi connectivity index (χ0) is 15.5. The number of benzene rings is 1. The summed E-state index contributed by atoms with van der Waals surface area (Å²) in [6.07, 6.45) is -3.57. The number of hydrogen-bond acceptors (Lipinski definition) is 2. The van der Waals surface area contributed by atoms with Crippen LogP contribution in [0.1, 0.15) is 27.8 Å². The topological polar surface area (TPSA) is 12.0 Å². The van der Waals surface area contributed by atoms with E-state index in [4.69, 9.17) is 0 Å². The van der Waals surface area contributed by atoms with Gasteiger partial charge in [0.15, 0.2) is 0 Å². The van der Waals surface area contributed by atoms with Gasteiger partial charge < -0.3 is 5.32 Å². The van der Waals surface area contributed by atoms with Crippen LogP contribution < -0.4 is 5.32 Å². The fraction of sp³-hybridized carbons (Fsp3) is 0.333. The van der Waals surface area contributed by atoms with Crippen LogP contribution in [0, 0.1) is 5.82 Å². The Balaban J connectivity index is 1.98. The molecule has 1 aromatic carbocycles. The van der Waals surface area contributed by atoms with Crippen molar-refractivity contribution in [2.75, 3.05) is 0 Å². The number of aryl methyl sites for hydroxylation is 1. The highest BCUT2D eigenvalue weighted by Crippen LogP contribution is 2.30. The van der Waals surface area contributed by atoms with E-state index in [1.54, 1.807) is 11.3 Å². The van der Waals surface area contributed by atoms with E-state index in [1.807, 2.05) is 12.1 Å². The van der Waals surface area contributed by atoms with Gasteiger partial charge in [0.25, 0.3) is 0 Å². The number of nitrogens with one attached hydrogen (secondary N) is 1. The molecule has 21 heavy (non-hydrogen) atoms. The molecule has 1 heterocycles. The van der Waals surface area contributed by atoms with Gasteiger partial charge in [0, 0.05) is 22.8 Å². The van der Waals surface area contributed by atoms with Gasteiger partial charge in [0.2, 0.25) is 0 Å². The molecular formula is C15H15F4NS. The highest BCUT2D eigenvalue weighted by atomic mass is 32.1. The first-order chi connectivity index (χ1) is 9.88. The smallest absolute Gasteiger partial charge is 0.308 e. The molecule has 0 saturated heterocycles. The Morgan fingerprint density at radius 2 is 1.76 bits per heavy atom. The predicted octanol–water partition coefficient (Wildman–Crippen LogP) is 4.76. The van der Waals surface area contributed by atoms with E-state index < -0.39 is 17.6 Å². The molecule has 0 aliphatic rings. The van der Waals surface area contributed by atoms with Crippen molar-refractivity contribution < 1.29 is 17.6 Å². The molecule has 114 valence electrons.